The number of nitrogens with one attached hydrogen (secondary N) is 2. The molecular weight excluding hydrogens is 498 g/mol. The molecular formula is C28H35N7O4. The van der Waals surface area contributed by atoms with Crippen LogP contribution in [0.25, 0.3) is 11.1 Å². The minimum atomic E-state index is -1.11. The molecule has 11 heteroatoms. The minimum Gasteiger partial charge on any atom is -0.478 e. The highest BCUT2D eigenvalue weighted by Gasteiger charge is 2.10. The van der Waals surface area contributed by atoms with E-state index in [1.807, 2.05) is 12.1 Å². The topological polar surface area (TPSA) is 189 Å². The van der Waals surface area contributed by atoms with E-state index in [0.717, 1.165) is 18.3 Å². The number of hydrogen-bond acceptors (Lipinski definition) is 6. The lowest BCUT2D eigenvalue weighted by molar-refractivity contribution is -0.111. The standard InChI is InChI=1S/C17H15N3O4.C9H14N2.C2H6N2/c1-2-15(21)19-14-8-11(7-12(9-14)16(22)23)10-3-5-13(6-4-10)20-17(18)24;1-11(2)7-8-3-5-9(10)6-4-8;1-4-2-3/h2-9H,1H2,(H,19,21)(H,22,23)(H3,18,20,24);3-6H,7,10H2,1-2H3;2H,1H3,(H2,3,4). The summed E-state index contributed by atoms with van der Waals surface area (Å²) in [4.78, 5) is 39.0. The highest BCUT2D eigenvalue weighted by Crippen LogP contribution is 2.26. The molecule has 0 aliphatic carbocycles. The van der Waals surface area contributed by atoms with Gasteiger partial charge in [-0.3, -0.25) is 9.79 Å². The second kappa shape index (κ2) is 16.6. The highest BCUT2D eigenvalue weighted by molar-refractivity contribution is 6.01. The number of carboxylic acids is 1. The SMILES string of the molecule is C=CC(=O)Nc1cc(C(=O)O)cc(-c2ccc(NC(N)=O)cc2)c1.CN(C)Cc1ccc(N)cc1.CN=CN. The van der Waals surface area contributed by atoms with Gasteiger partial charge in [0, 0.05) is 30.7 Å². The van der Waals surface area contributed by atoms with Crippen molar-refractivity contribution in [3.8, 4) is 11.1 Å². The predicted molar refractivity (Wildman–Crippen MR) is 158 cm³/mol. The molecule has 0 spiro atoms. The molecule has 0 saturated heterocycles. The number of urea groups is 1. The number of amides is 3. The smallest absolute Gasteiger partial charge is 0.335 e. The molecule has 0 atom stereocenters. The summed E-state index contributed by atoms with van der Waals surface area (Å²) >= 11 is 0. The molecule has 3 aromatic carbocycles. The van der Waals surface area contributed by atoms with Crippen molar-refractivity contribution in [3.05, 3.63) is 90.5 Å². The number of aliphatic imine (C=N–C) groups is 1. The van der Waals surface area contributed by atoms with Gasteiger partial charge in [-0.25, -0.2) is 9.59 Å². The number of rotatable bonds is 7. The lowest BCUT2D eigenvalue weighted by Crippen LogP contribution is -2.19. The summed E-state index contributed by atoms with van der Waals surface area (Å²) in [7, 11) is 5.73. The van der Waals surface area contributed by atoms with Crippen molar-refractivity contribution in [2.24, 2.45) is 16.5 Å². The van der Waals surface area contributed by atoms with E-state index in [4.69, 9.17) is 17.2 Å². The van der Waals surface area contributed by atoms with E-state index >= 15 is 0 Å². The number of nitrogen functional groups attached to an aromatic ring is 1. The van der Waals surface area contributed by atoms with Gasteiger partial charge < -0.3 is 37.8 Å². The van der Waals surface area contributed by atoms with Crippen molar-refractivity contribution in [3.63, 3.8) is 0 Å². The van der Waals surface area contributed by atoms with Crippen molar-refractivity contribution < 1.29 is 19.5 Å². The maximum absolute atomic E-state index is 11.4. The lowest BCUT2D eigenvalue weighted by atomic mass is 10.0. The van der Waals surface area contributed by atoms with Crippen molar-refractivity contribution in [2.45, 2.75) is 6.54 Å². The molecule has 0 heterocycles. The molecule has 3 aromatic rings. The zero-order chi connectivity index (χ0) is 29.4. The summed E-state index contributed by atoms with van der Waals surface area (Å²) in [5.74, 6) is -1.55. The van der Waals surface area contributed by atoms with E-state index in [1.165, 1.54) is 24.0 Å². The second-order valence-electron chi connectivity index (χ2n) is 8.25. The van der Waals surface area contributed by atoms with E-state index in [2.05, 4.69) is 53.3 Å². The molecule has 0 saturated carbocycles. The van der Waals surface area contributed by atoms with Crippen LogP contribution in [0.4, 0.5) is 21.9 Å². The molecule has 0 radical (unpaired) electrons. The van der Waals surface area contributed by atoms with Gasteiger partial charge in [0.15, 0.2) is 0 Å². The summed E-state index contributed by atoms with van der Waals surface area (Å²) in [5, 5.41) is 14.2. The van der Waals surface area contributed by atoms with Crippen LogP contribution in [-0.4, -0.2) is 55.4 Å². The molecule has 11 nitrogen and oxygen atoms in total. The van der Waals surface area contributed by atoms with E-state index < -0.39 is 17.9 Å². The molecule has 0 aliphatic heterocycles. The Morgan fingerprint density at radius 3 is 2.00 bits per heavy atom. The Kier molecular flexibility index (Phi) is 13.5. The number of anilines is 3. The van der Waals surface area contributed by atoms with Gasteiger partial charge in [-0.1, -0.05) is 30.8 Å². The minimum absolute atomic E-state index is 0.0335. The third kappa shape index (κ3) is 12.6. The summed E-state index contributed by atoms with van der Waals surface area (Å²) in [5.41, 5.74) is 19.6. The number of carboxylic acid groups (broad SMARTS) is 1. The zero-order valence-corrected chi connectivity index (χ0v) is 22.2. The van der Waals surface area contributed by atoms with Crippen LogP contribution in [-0.2, 0) is 11.3 Å². The number of nitrogens with zero attached hydrogens (tertiary/aromatic N) is 2. The maximum atomic E-state index is 11.4. The fraction of sp³-hybridized carbons (Fsp3) is 0.143. The Morgan fingerprint density at radius 2 is 1.54 bits per heavy atom. The van der Waals surface area contributed by atoms with Gasteiger partial charge in [-0.2, -0.15) is 0 Å². The molecule has 206 valence electrons. The van der Waals surface area contributed by atoms with Crippen LogP contribution in [0.1, 0.15) is 15.9 Å². The van der Waals surface area contributed by atoms with Gasteiger partial charge in [-0.15, -0.1) is 0 Å². The fourth-order valence-corrected chi connectivity index (χ4v) is 3.06. The zero-order valence-electron chi connectivity index (χ0n) is 22.2. The van der Waals surface area contributed by atoms with Crippen LogP contribution in [0.2, 0.25) is 0 Å². The third-order valence-electron chi connectivity index (χ3n) is 4.75. The summed E-state index contributed by atoms with van der Waals surface area (Å²) in [6, 6.07) is 18.4. The van der Waals surface area contributed by atoms with Crippen molar-refractivity contribution in [2.75, 3.05) is 37.5 Å². The van der Waals surface area contributed by atoms with E-state index in [0.29, 0.717) is 22.5 Å². The van der Waals surface area contributed by atoms with Crippen LogP contribution < -0.4 is 27.8 Å². The summed E-state index contributed by atoms with van der Waals surface area (Å²) in [6.07, 6.45) is 2.34. The first kappa shape index (κ1) is 31.9. The Morgan fingerprint density at radius 1 is 0.949 bits per heavy atom. The first-order chi connectivity index (χ1) is 18.5. The molecule has 39 heavy (non-hydrogen) atoms. The van der Waals surface area contributed by atoms with Crippen LogP contribution in [0.5, 0.6) is 0 Å². The van der Waals surface area contributed by atoms with Crippen LogP contribution in [0.15, 0.2) is 84.4 Å². The molecule has 3 rings (SSSR count). The number of nitrogens with two attached hydrogens (primary N) is 3. The Balaban J connectivity index is 0.000000418. The first-order valence-electron chi connectivity index (χ1n) is 11.6. The molecule has 0 fully saturated rings. The van der Waals surface area contributed by atoms with Gasteiger partial charge in [0.05, 0.1) is 11.9 Å². The van der Waals surface area contributed by atoms with Gasteiger partial charge in [0.25, 0.3) is 0 Å². The Labute approximate surface area is 228 Å². The number of carbonyl (C=O) groups excluding carboxylic acids is 2. The van der Waals surface area contributed by atoms with E-state index in [9.17, 15) is 19.5 Å². The fourth-order valence-electron chi connectivity index (χ4n) is 3.06. The van der Waals surface area contributed by atoms with E-state index in [1.54, 1.807) is 37.4 Å². The van der Waals surface area contributed by atoms with E-state index in [-0.39, 0.29) is 5.56 Å². The predicted octanol–water partition coefficient (Wildman–Crippen LogP) is 3.60. The first-order valence-corrected chi connectivity index (χ1v) is 11.6. The average Bonchev–Trinajstić information content (AvgIpc) is 2.90. The molecule has 9 N–H and O–H groups in total. The van der Waals surface area contributed by atoms with Gasteiger partial charge in [0.2, 0.25) is 5.91 Å². The van der Waals surface area contributed by atoms with Gasteiger partial charge in [-0.05, 0) is 79.3 Å². The quantitative estimate of drug-likeness (QED) is 0.116. The molecule has 0 bridgehead atoms. The van der Waals surface area contributed by atoms with Crippen LogP contribution >= 0.6 is 0 Å². The lowest BCUT2D eigenvalue weighted by Gasteiger charge is -2.09. The summed E-state index contributed by atoms with van der Waals surface area (Å²) < 4.78 is 0. The highest BCUT2D eigenvalue weighted by atomic mass is 16.4. The number of hydrogen-bond donors (Lipinski definition) is 6. The Hall–Kier alpha value is -5.16. The van der Waals surface area contributed by atoms with Crippen molar-refractivity contribution in [1.29, 1.82) is 0 Å². The second-order valence-corrected chi connectivity index (χ2v) is 8.25. The van der Waals surface area contributed by atoms with Crippen LogP contribution in [0, 0.1) is 0 Å². The Bertz CT molecular complexity index is 1270. The largest absolute Gasteiger partial charge is 0.478 e. The normalized spacial score (nSPS) is 9.95. The van der Waals surface area contributed by atoms with Crippen LogP contribution in [0.3, 0.4) is 0 Å². The third-order valence-corrected chi connectivity index (χ3v) is 4.75. The molecule has 0 aromatic heterocycles. The number of benzene rings is 3. The van der Waals surface area contributed by atoms with Gasteiger partial charge in [0.1, 0.15) is 0 Å². The van der Waals surface area contributed by atoms with Crippen molar-refractivity contribution >= 4 is 41.3 Å². The molecule has 0 aliphatic rings. The number of aromatic carboxylic acids is 1. The number of carbonyl (C=O) groups is 3. The molecule has 3 amide bonds. The monoisotopic (exact) mass is 533 g/mol. The van der Waals surface area contributed by atoms with Crippen molar-refractivity contribution in [1.82, 2.24) is 4.90 Å². The summed E-state index contributed by atoms with van der Waals surface area (Å²) in [6.45, 7) is 4.33. The molecule has 0 unspecified atom stereocenters. The maximum Gasteiger partial charge on any atom is 0.335 e. The number of primary amides is 1. The van der Waals surface area contributed by atoms with Gasteiger partial charge >= 0.3 is 12.0 Å². The average molecular weight is 534 g/mol.